The summed E-state index contributed by atoms with van der Waals surface area (Å²) >= 11 is 0. The van der Waals surface area contributed by atoms with E-state index in [4.69, 9.17) is 4.74 Å². The van der Waals surface area contributed by atoms with E-state index in [1.54, 1.807) is 7.11 Å². The maximum absolute atomic E-state index is 5.35. The van der Waals surface area contributed by atoms with Gasteiger partial charge in [-0.3, -0.25) is 0 Å². The summed E-state index contributed by atoms with van der Waals surface area (Å²) < 4.78 is 5.35. The minimum Gasteiger partial charge on any atom is -0.495 e. The molecule has 2 nitrogen and oxygen atoms in total. The molecule has 16 heavy (non-hydrogen) atoms. The van der Waals surface area contributed by atoms with E-state index >= 15 is 0 Å². The lowest BCUT2D eigenvalue weighted by Crippen LogP contribution is -2.14. The summed E-state index contributed by atoms with van der Waals surface area (Å²) in [5.74, 6) is 0.904. The molecule has 1 N–H and O–H groups in total. The topological polar surface area (TPSA) is 21.3 Å². The predicted octanol–water partition coefficient (Wildman–Crippen LogP) is 3.81. The van der Waals surface area contributed by atoms with Crippen LogP contribution in [0, 0.1) is 0 Å². The van der Waals surface area contributed by atoms with Gasteiger partial charge in [-0.2, -0.15) is 0 Å². The number of hydrogen-bond acceptors (Lipinski definition) is 2. The zero-order valence-corrected chi connectivity index (χ0v) is 11.2. The van der Waals surface area contributed by atoms with Crippen molar-refractivity contribution in [1.82, 2.24) is 0 Å². The zero-order valence-electron chi connectivity index (χ0n) is 11.2. The van der Waals surface area contributed by atoms with E-state index in [0.29, 0.717) is 6.04 Å². The normalized spacial score (nSPS) is 11.7. The molecule has 2 heteroatoms. The van der Waals surface area contributed by atoms with Crippen molar-refractivity contribution in [1.29, 1.82) is 0 Å². The number of rotatable bonds is 3. The van der Waals surface area contributed by atoms with Gasteiger partial charge in [-0.25, -0.2) is 0 Å². The van der Waals surface area contributed by atoms with Crippen molar-refractivity contribution in [2.24, 2.45) is 0 Å². The Morgan fingerprint density at radius 1 is 1.19 bits per heavy atom. The van der Waals surface area contributed by atoms with Crippen LogP contribution in [0.1, 0.15) is 40.2 Å². The summed E-state index contributed by atoms with van der Waals surface area (Å²) in [6.45, 7) is 10.9. The summed E-state index contributed by atoms with van der Waals surface area (Å²) in [6, 6.07) is 6.75. The molecule has 0 spiro atoms. The predicted molar refractivity (Wildman–Crippen MR) is 70.5 cm³/mol. The molecule has 0 saturated heterocycles. The molecule has 1 aromatic carbocycles. The second kappa shape index (κ2) is 4.77. The molecular weight excluding hydrogens is 198 g/mol. The first-order valence-electron chi connectivity index (χ1n) is 5.79. The van der Waals surface area contributed by atoms with Crippen LogP contribution in [-0.2, 0) is 5.41 Å². The van der Waals surface area contributed by atoms with Crippen LogP contribution in [0.15, 0.2) is 18.2 Å². The number of ether oxygens (including phenoxy) is 1. The molecule has 90 valence electrons. The molecule has 0 bridgehead atoms. The SMILES string of the molecule is COc1ccc(C(C)(C)C)cc1NC(C)C. The van der Waals surface area contributed by atoms with Gasteiger partial charge >= 0.3 is 0 Å². The van der Waals surface area contributed by atoms with Crippen LogP contribution in [0.4, 0.5) is 5.69 Å². The van der Waals surface area contributed by atoms with E-state index in [1.807, 2.05) is 6.07 Å². The van der Waals surface area contributed by atoms with Crippen LogP contribution in [0.25, 0.3) is 0 Å². The lowest BCUT2D eigenvalue weighted by atomic mass is 9.87. The fourth-order valence-corrected chi connectivity index (χ4v) is 1.60. The van der Waals surface area contributed by atoms with Gasteiger partial charge in [-0.1, -0.05) is 26.8 Å². The van der Waals surface area contributed by atoms with Gasteiger partial charge in [0.15, 0.2) is 0 Å². The maximum atomic E-state index is 5.35. The number of hydrogen-bond donors (Lipinski definition) is 1. The van der Waals surface area contributed by atoms with Crippen molar-refractivity contribution in [3.8, 4) is 5.75 Å². The highest BCUT2D eigenvalue weighted by atomic mass is 16.5. The highest BCUT2D eigenvalue weighted by Gasteiger charge is 2.15. The van der Waals surface area contributed by atoms with Gasteiger partial charge in [0.2, 0.25) is 0 Å². The van der Waals surface area contributed by atoms with E-state index in [1.165, 1.54) is 5.56 Å². The number of benzene rings is 1. The summed E-state index contributed by atoms with van der Waals surface area (Å²) in [5.41, 5.74) is 2.56. The van der Waals surface area contributed by atoms with Gasteiger partial charge in [0.1, 0.15) is 5.75 Å². The smallest absolute Gasteiger partial charge is 0.141 e. The number of anilines is 1. The molecular formula is C14H23NO. The third-order valence-corrected chi connectivity index (χ3v) is 2.51. The Labute approximate surface area is 99.0 Å². The lowest BCUT2D eigenvalue weighted by molar-refractivity contribution is 0.415. The monoisotopic (exact) mass is 221 g/mol. The molecule has 0 saturated carbocycles. The van der Waals surface area contributed by atoms with Crippen LogP contribution in [-0.4, -0.2) is 13.2 Å². The molecule has 0 atom stereocenters. The average molecular weight is 221 g/mol. The fourth-order valence-electron chi connectivity index (χ4n) is 1.60. The summed E-state index contributed by atoms with van der Waals surface area (Å²) in [4.78, 5) is 0. The molecule has 1 rings (SSSR count). The van der Waals surface area contributed by atoms with Crippen molar-refractivity contribution in [3.05, 3.63) is 23.8 Å². The van der Waals surface area contributed by atoms with Crippen LogP contribution >= 0.6 is 0 Å². The van der Waals surface area contributed by atoms with E-state index in [0.717, 1.165) is 11.4 Å². The number of methoxy groups -OCH3 is 1. The van der Waals surface area contributed by atoms with Gasteiger partial charge in [0, 0.05) is 6.04 Å². The van der Waals surface area contributed by atoms with Gasteiger partial charge in [0.25, 0.3) is 0 Å². The van der Waals surface area contributed by atoms with Crippen LogP contribution < -0.4 is 10.1 Å². The van der Waals surface area contributed by atoms with Gasteiger partial charge < -0.3 is 10.1 Å². The molecule has 0 unspecified atom stereocenters. The summed E-state index contributed by atoms with van der Waals surface area (Å²) in [5, 5.41) is 3.41. The first-order valence-corrected chi connectivity index (χ1v) is 5.79. The third kappa shape index (κ3) is 3.16. The lowest BCUT2D eigenvalue weighted by Gasteiger charge is -2.22. The number of nitrogens with one attached hydrogen (secondary N) is 1. The van der Waals surface area contributed by atoms with Gasteiger partial charge in [-0.05, 0) is 37.0 Å². The Kier molecular flexibility index (Phi) is 3.84. The first-order chi connectivity index (χ1) is 7.34. The Hall–Kier alpha value is -1.18. The van der Waals surface area contributed by atoms with Crippen LogP contribution in [0.2, 0.25) is 0 Å². The van der Waals surface area contributed by atoms with Crippen molar-refractivity contribution in [2.75, 3.05) is 12.4 Å². The van der Waals surface area contributed by atoms with E-state index in [9.17, 15) is 0 Å². The Balaban J connectivity index is 3.11. The molecule has 0 aliphatic heterocycles. The second-order valence-electron chi connectivity index (χ2n) is 5.46. The minimum atomic E-state index is 0.166. The minimum absolute atomic E-state index is 0.166. The second-order valence-corrected chi connectivity index (χ2v) is 5.46. The van der Waals surface area contributed by atoms with Crippen molar-refractivity contribution in [2.45, 2.75) is 46.1 Å². The zero-order chi connectivity index (χ0) is 12.3. The first kappa shape index (κ1) is 12.9. The highest BCUT2D eigenvalue weighted by Crippen LogP contribution is 2.31. The van der Waals surface area contributed by atoms with E-state index < -0.39 is 0 Å². The molecule has 0 fully saturated rings. The van der Waals surface area contributed by atoms with E-state index in [2.05, 4.69) is 52.1 Å². The Morgan fingerprint density at radius 2 is 1.81 bits per heavy atom. The average Bonchev–Trinajstić information content (AvgIpc) is 2.15. The quantitative estimate of drug-likeness (QED) is 0.838. The van der Waals surface area contributed by atoms with Crippen LogP contribution in [0.5, 0.6) is 5.75 Å². The Morgan fingerprint density at radius 3 is 2.25 bits per heavy atom. The summed E-state index contributed by atoms with van der Waals surface area (Å²) in [6.07, 6.45) is 0. The maximum Gasteiger partial charge on any atom is 0.141 e. The molecule has 1 aromatic rings. The van der Waals surface area contributed by atoms with Crippen LogP contribution in [0.3, 0.4) is 0 Å². The molecule has 0 amide bonds. The largest absolute Gasteiger partial charge is 0.495 e. The van der Waals surface area contributed by atoms with Gasteiger partial charge in [-0.15, -0.1) is 0 Å². The van der Waals surface area contributed by atoms with Gasteiger partial charge in [0.05, 0.1) is 12.8 Å². The van der Waals surface area contributed by atoms with Crippen molar-refractivity contribution < 1.29 is 4.74 Å². The third-order valence-electron chi connectivity index (χ3n) is 2.51. The van der Waals surface area contributed by atoms with Crippen molar-refractivity contribution in [3.63, 3.8) is 0 Å². The van der Waals surface area contributed by atoms with E-state index in [-0.39, 0.29) is 5.41 Å². The molecule has 0 aliphatic rings. The molecule has 0 aromatic heterocycles. The standard InChI is InChI=1S/C14H23NO/c1-10(2)15-12-9-11(14(3,4)5)7-8-13(12)16-6/h7-10,15H,1-6H3. The Bertz CT molecular complexity index is 350. The molecule has 0 aliphatic carbocycles. The van der Waals surface area contributed by atoms with Crippen molar-refractivity contribution >= 4 is 5.69 Å². The molecule has 0 heterocycles. The highest BCUT2D eigenvalue weighted by molar-refractivity contribution is 5.59. The summed E-state index contributed by atoms with van der Waals surface area (Å²) in [7, 11) is 1.71. The fraction of sp³-hybridized carbons (Fsp3) is 0.571. The molecule has 0 radical (unpaired) electrons.